The zero-order valence-electron chi connectivity index (χ0n) is 53.9. The van der Waals surface area contributed by atoms with Gasteiger partial charge in [-0.25, -0.2) is 0 Å². The van der Waals surface area contributed by atoms with Crippen molar-refractivity contribution >= 4 is 94.8 Å². The molecule has 0 spiro atoms. The highest BCUT2D eigenvalue weighted by molar-refractivity contribution is 6.01. The van der Waals surface area contributed by atoms with Gasteiger partial charge in [0.1, 0.15) is 54.4 Å². The molecule has 0 aromatic rings. The quantitative estimate of drug-likeness (QED) is 0.0347. The first kappa shape index (κ1) is 78.5. The predicted molar refractivity (Wildman–Crippen MR) is 329 cm³/mol. The number of nitrogens with one attached hydrogen (secondary N) is 10. The number of carboxylic acid groups (broad SMARTS) is 4. The molecule has 0 aromatic heterocycles. The Hall–Kier alpha value is -8.78. The third-order valence-corrected chi connectivity index (χ3v) is 16.3. The van der Waals surface area contributed by atoms with Crippen LogP contribution in [0.3, 0.4) is 0 Å². The lowest BCUT2D eigenvalue weighted by atomic mass is 9.96. The maximum absolute atomic E-state index is 15.2. The summed E-state index contributed by atoms with van der Waals surface area (Å²) in [6.07, 6.45) is 8.40. The summed E-state index contributed by atoms with van der Waals surface area (Å²) in [6, 6.07) is -18.5. The van der Waals surface area contributed by atoms with Gasteiger partial charge in [-0.05, 0) is 77.6 Å². The lowest BCUT2D eigenvalue weighted by Crippen LogP contribution is -2.66. The number of aliphatic carboxylic acids is 4. The molecule has 3 aliphatic rings. The lowest BCUT2D eigenvalue weighted by Gasteiger charge is -2.39. The second-order valence-electron chi connectivity index (χ2n) is 24.3. The summed E-state index contributed by atoms with van der Waals surface area (Å²) >= 11 is 0. The number of allylic oxidation sites excluding steroid dienone is 1. The molecule has 3 saturated heterocycles. The lowest BCUT2D eigenvalue weighted by molar-refractivity contribution is -0.150. The van der Waals surface area contributed by atoms with Crippen LogP contribution in [-0.2, 0) is 76.7 Å². The Morgan fingerprint density at radius 3 is 1.69 bits per heavy atom. The highest BCUT2D eigenvalue weighted by Crippen LogP contribution is 2.24. The third-order valence-electron chi connectivity index (χ3n) is 16.3. The Balaban J connectivity index is 2.14. The molecule has 1 unspecified atom stereocenters. The van der Waals surface area contributed by atoms with E-state index >= 15 is 4.79 Å². The van der Waals surface area contributed by atoms with Crippen molar-refractivity contribution in [2.45, 2.75) is 224 Å². The molecule has 16 N–H and O–H groups in total. The number of fused-ring (bicyclic) bond motifs is 2. The number of carbonyl (C=O) groups excluding carboxylic acids is 12. The van der Waals surface area contributed by atoms with Crippen molar-refractivity contribution in [3.63, 3.8) is 0 Å². The van der Waals surface area contributed by atoms with Gasteiger partial charge in [0.15, 0.2) is 0 Å². The van der Waals surface area contributed by atoms with Crippen LogP contribution in [-0.4, -0.2) is 218 Å². The summed E-state index contributed by atoms with van der Waals surface area (Å²) < 4.78 is 0. The van der Waals surface area contributed by atoms with Gasteiger partial charge in [0, 0.05) is 25.6 Å². The van der Waals surface area contributed by atoms with Crippen molar-refractivity contribution in [2.75, 3.05) is 26.2 Å². The van der Waals surface area contributed by atoms with Crippen molar-refractivity contribution in [1.82, 2.24) is 63.0 Å². The summed E-state index contributed by atoms with van der Waals surface area (Å²) in [5, 5.41) is 62.3. The SMILES string of the molecule is CCC(C)CCCCCCC/C=C\CC(=O)N[C@@H](CC(=O)O)C(=O)N[C@@H]1C(=O)N2CCCC[C@@H]2C(=O)N[C@@H]([C@H](C)C(=O)O)C(=O)N[C@@H](CC(=O)O)C(=O)NCC(=O)N[C@@H](CC(=O)O)C(=O)NCC(=O)N[C@H]([C@@H](C)N)C(=O)N[C@H](C(C)C)C(=O)N2CCC[C@H]2C(=O)N[C@@H]1C. The van der Waals surface area contributed by atoms with Crippen molar-refractivity contribution < 1.29 is 97.1 Å². The molecule has 0 aliphatic carbocycles. The smallest absolute Gasteiger partial charge is 0.308 e. The molecular weight excluding hydrogens is 1220 g/mol. The minimum Gasteiger partial charge on any atom is -0.481 e. The Labute approximate surface area is 539 Å². The number of carbonyl (C=O) groups is 16. The second-order valence-corrected chi connectivity index (χ2v) is 24.3. The fourth-order valence-electron chi connectivity index (χ4n) is 10.7. The van der Waals surface area contributed by atoms with Gasteiger partial charge in [-0.1, -0.05) is 78.4 Å². The Bertz CT molecular complexity index is 2740. The number of unbranched alkanes of at least 4 members (excludes halogenated alkanes) is 5. The van der Waals surface area contributed by atoms with Crippen molar-refractivity contribution in [1.29, 1.82) is 0 Å². The molecular formula is C60H95N13O20. The van der Waals surface area contributed by atoms with E-state index in [-0.39, 0.29) is 51.6 Å². The van der Waals surface area contributed by atoms with E-state index in [2.05, 4.69) is 56.4 Å². The van der Waals surface area contributed by atoms with E-state index in [1.54, 1.807) is 26.0 Å². The van der Waals surface area contributed by atoms with Gasteiger partial charge < -0.3 is 89.1 Å². The minimum absolute atomic E-state index is 0.0224. The van der Waals surface area contributed by atoms with Crippen molar-refractivity contribution in [3.05, 3.63) is 12.2 Å². The van der Waals surface area contributed by atoms with Crippen LogP contribution >= 0.6 is 0 Å². The van der Waals surface area contributed by atoms with Crippen LogP contribution in [0.4, 0.5) is 0 Å². The molecule has 12 amide bonds. The summed E-state index contributed by atoms with van der Waals surface area (Å²) in [5.41, 5.74) is 6.12. The number of hydrogen-bond donors (Lipinski definition) is 15. The largest absolute Gasteiger partial charge is 0.481 e. The number of piperidine rings is 1. The average molecular weight is 1320 g/mol. The topological polar surface area (TPSA) is 507 Å². The maximum Gasteiger partial charge on any atom is 0.308 e. The first-order valence-electron chi connectivity index (χ1n) is 31.6. The maximum atomic E-state index is 15.2. The van der Waals surface area contributed by atoms with Crippen LogP contribution < -0.4 is 58.9 Å². The van der Waals surface area contributed by atoms with Crippen molar-refractivity contribution in [2.24, 2.45) is 23.5 Å². The molecule has 0 aromatic carbocycles. The second kappa shape index (κ2) is 38.9. The average Bonchev–Trinajstić information content (AvgIpc) is 1.81. The molecule has 0 bridgehead atoms. The number of amides is 12. The van der Waals surface area contributed by atoms with E-state index in [0.717, 1.165) is 50.3 Å². The molecule has 3 fully saturated rings. The van der Waals surface area contributed by atoms with Gasteiger partial charge in [0.25, 0.3) is 0 Å². The minimum atomic E-state index is -2.15. The molecule has 3 rings (SSSR count). The molecule has 520 valence electrons. The number of hydrogen-bond acceptors (Lipinski definition) is 17. The van der Waals surface area contributed by atoms with Gasteiger partial charge in [-0.2, -0.15) is 0 Å². The number of carboxylic acids is 4. The Kier molecular flexibility index (Phi) is 32.8. The molecule has 33 heteroatoms. The first-order chi connectivity index (χ1) is 43.8. The number of rotatable bonds is 24. The van der Waals surface area contributed by atoms with Crippen LogP contribution in [0.15, 0.2) is 12.2 Å². The van der Waals surface area contributed by atoms with E-state index in [1.807, 2.05) is 10.6 Å². The zero-order chi connectivity index (χ0) is 69.8. The third kappa shape index (κ3) is 26.0. The van der Waals surface area contributed by atoms with Crippen molar-refractivity contribution in [3.8, 4) is 0 Å². The van der Waals surface area contributed by atoms with Crippen LogP contribution in [0.2, 0.25) is 0 Å². The molecule has 0 saturated carbocycles. The summed E-state index contributed by atoms with van der Waals surface area (Å²) in [4.78, 5) is 219. The highest BCUT2D eigenvalue weighted by atomic mass is 16.4. The molecule has 33 nitrogen and oxygen atoms in total. The van der Waals surface area contributed by atoms with Crippen LogP contribution in [0.1, 0.15) is 158 Å². The Morgan fingerprint density at radius 2 is 1.12 bits per heavy atom. The van der Waals surface area contributed by atoms with Gasteiger partial charge in [-0.3, -0.25) is 76.7 Å². The summed E-state index contributed by atoms with van der Waals surface area (Å²) in [6.45, 7) is 8.75. The standard InChI is InChI=1S/C60H95N13O20/c1-8-32(4)20-15-13-11-9-10-12-14-16-23-41(74)65-38(28-46(81)82)53(85)71-50-35(7)64-54(86)40-22-19-25-73(40)58(90)47(31(2)3)69-57(89)49(34(6)61)68-43(76)30-63-51(83)36(26-44(77)78)66-42(75)29-62-52(84)37(27-45(79)80)67-56(88)48(33(5)60(92)93)70-55(87)39-21-17-18-24-72(39)59(50)91/h14,16,31-40,47-50H,8-13,15,17-30,61H2,1-7H3,(H,62,84)(H,63,83)(H,64,86)(H,65,74)(H,66,75)(H,67,88)(H,68,76)(H,69,89)(H,70,87)(H,71,85)(H,77,78)(H,79,80)(H,81,82)(H,92,93)/b16-14-/t32?,33-,34+,35+,36-,37-,38-,39+,40-,47+,48-,49+,50-/m0/s1. The summed E-state index contributed by atoms with van der Waals surface area (Å²) in [7, 11) is 0. The van der Waals surface area contributed by atoms with Gasteiger partial charge in [0.2, 0.25) is 70.9 Å². The van der Waals surface area contributed by atoms with E-state index in [4.69, 9.17) is 5.73 Å². The van der Waals surface area contributed by atoms with Crippen LogP contribution in [0.5, 0.6) is 0 Å². The fourth-order valence-corrected chi connectivity index (χ4v) is 10.7. The Morgan fingerprint density at radius 1 is 0.591 bits per heavy atom. The van der Waals surface area contributed by atoms with Gasteiger partial charge >= 0.3 is 23.9 Å². The zero-order valence-corrected chi connectivity index (χ0v) is 53.9. The highest BCUT2D eigenvalue weighted by Gasteiger charge is 2.45. The molecule has 3 aliphatic heterocycles. The molecule has 3 heterocycles. The number of nitrogens with two attached hydrogens (primary N) is 1. The fraction of sp³-hybridized carbons (Fsp3) is 0.700. The van der Waals surface area contributed by atoms with E-state index in [1.165, 1.54) is 25.2 Å². The summed E-state index contributed by atoms with van der Waals surface area (Å²) in [5.74, 6) is -21.8. The number of nitrogens with zero attached hydrogens (tertiary/aromatic N) is 2. The molecule has 0 radical (unpaired) electrons. The van der Waals surface area contributed by atoms with Crippen LogP contribution in [0.25, 0.3) is 0 Å². The van der Waals surface area contributed by atoms with Gasteiger partial charge in [-0.15, -0.1) is 0 Å². The first-order valence-corrected chi connectivity index (χ1v) is 31.6. The van der Waals surface area contributed by atoms with Gasteiger partial charge in [0.05, 0.1) is 44.3 Å². The molecule has 93 heavy (non-hydrogen) atoms. The molecule has 13 atom stereocenters. The monoisotopic (exact) mass is 1320 g/mol. The normalized spacial score (nSPS) is 25.3. The van der Waals surface area contributed by atoms with E-state index in [9.17, 15) is 92.3 Å². The van der Waals surface area contributed by atoms with Crippen LogP contribution in [0, 0.1) is 17.8 Å². The predicted octanol–water partition coefficient (Wildman–Crippen LogP) is -2.63. The van der Waals surface area contributed by atoms with E-state index < -0.39 is 205 Å². The van der Waals surface area contributed by atoms with E-state index in [0.29, 0.717) is 12.3 Å².